The molecule has 1 heterocycles. The Hall–Kier alpha value is -2.18. The number of aromatic nitrogens is 4. The summed E-state index contributed by atoms with van der Waals surface area (Å²) in [4.78, 5) is 0. The molecule has 0 unspecified atom stereocenters. The lowest BCUT2D eigenvalue weighted by Gasteiger charge is -2.07. The Kier molecular flexibility index (Phi) is 3.48. The van der Waals surface area contributed by atoms with Crippen molar-refractivity contribution in [3.8, 4) is 17.1 Å². The molecule has 21 heavy (non-hydrogen) atoms. The molecule has 106 valence electrons. The minimum atomic E-state index is -0.538. The zero-order valence-corrected chi connectivity index (χ0v) is 12.0. The number of tetrazole rings is 1. The van der Waals surface area contributed by atoms with Crippen LogP contribution >= 0.6 is 23.2 Å². The fraction of sp³-hybridized carbons (Fsp3) is 0. The Morgan fingerprint density at radius 3 is 2.62 bits per heavy atom. The second-order valence-electron chi connectivity index (χ2n) is 4.25. The highest BCUT2D eigenvalue weighted by molar-refractivity contribution is 6.35. The van der Waals surface area contributed by atoms with E-state index < -0.39 is 5.82 Å². The number of hydrogen-bond acceptors (Lipinski definition) is 4. The molecular formula is C13H8Cl2FN5. The first-order chi connectivity index (χ1) is 10.1. The third kappa shape index (κ3) is 2.55. The summed E-state index contributed by atoms with van der Waals surface area (Å²) >= 11 is 12.0. The van der Waals surface area contributed by atoms with Crippen molar-refractivity contribution < 1.29 is 4.39 Å². The second kappa shape index (κ2) is 5.31. The Balaban J connectivity index is 2.14. The Morgan fingerprint density at radius 2 is 1.90 bits per heavy atom. The van der Waals surface area contributed by atoms with Gasteiger partial charge >= 0.3 is 0 Å². The van der Waals surface area contributed by atoms with Crippen molar-refractivity contribution in [3.05, 3.63) is 52.3 Å². The van der Waals surface area contributed by atoms with Gasteiger partial charge in [0.25, 0.3) is 0 Å². The summed E-state index contributed by atoms with van der Waals surface area (Å²) in [5.41, 5.74) is 6.54. The van der Waals surface area contributed by atoms with Gasteiger partial charge in [-0.3, -0.25) is 0 Å². The van der Waals surface area contributed by atoms with E-state index in [0.717, 1.165) is 0 Å². The van der Waals surface area contributed by atoms with Gasteiger partial charge in [0.05, 0.1) is 16.4 Å². The Labute approximate surface area is 129 Å². The van der Waals surface area contributed by atoms with E-state index in [1.165, 1.54) is 16.8 Å². The van der Waals surface area contributed by atoms with Crippen LogP contribution in [-0.4, -0.2) is 20.2 Å². The van der Waals surface area contributed by atoms with Crippen LogP contribution in [0.3, 0.4) is 0 Å². The van der Waals surface area contributed by atoms with E-state index in [4.69, 9.17) is 28.9 Å². The molecule has 0 radical (unpaired) electrons. The van der Waals surface area contributed by atoms with Crippen LogP contribution in [-0.2, 0) is 0 Å². The maximum Gasteiger partial charge on any atom is 0.187 e. The highest BCUT2D eigenvalue weighted by atomic mass is 35.5. The first kappa shape index (κ1) is 13.8. The predicted molar refractivity (Wildman–Crippen MR) is 79.0 cm³/mol. The lowest BCUT2D eigenvalue weighted by Crippen LogP contribution is -2.01. The molecule has 0 atom stereocenters. The molecule has 3 aromatic rings. The molecule has 1 aromatic heterocycles. The van der Waals surface area contributed by atoms with Crippen molar-refractivity contribution in [2.75, 3.05) is 5.73 Å². The van der Waals surface area contributed by atoms with Crippen LogP contribution < -0.4 is 5.73 Å². The van der Waals surface area contributed by atoms with E-state index in [9.17, 15) is 4.39 Å². The number of hydrogen-bond donors (Lipinski definition) is 1. The van der Waals surface area contributed by atoms with E-state index in [-0.39, 0.29) is 5.69 Å². The molecule has 8 heteroatoms. The monoisotopic (exact) mass is 323 g/mol. The first-order valence-corrected chi connectivity index (χ1v) is 6.61. The summed E-state index contributed by atoms with van der Waals surface area (Å²) in [5, 5.41) is 12.3. The summed E-state index contributed by atoms with van der Waals surface area (Å²) in [6, 6.07) is 9.27. The zero-order valence-electron chi connectivity index (χ0n) is 10.5. The fourth-order valence-electron chi connectivity index (χ4n) is 1.85. The topological polar surface area (TPSA) is 69.6 Å². The van der Waals surface area contributed by atoms with E-state index >= 15 is 0 Å². The molecule has 0 fully saturated rings. The number of rotatable bonds is 2. The zero-order chi connectivity index (χ0) is 15.0. The molecule has 0 aliphatic carbocycles. The number of nitrogens with zero attached hydrogens (tertiary/aromatic N) is 4. The van der Waals surface area contributed by atoms with Gasteiger partial charge in [-0.25, -0.2) is 4.39 Å². The molecule has 0 spiro atoms. The number of nitrogens with two attached hydrogens (primary N) is 1. The molecule has 0 saturated carbocycles. The summed E-state index contributed by atoms with van der Waals surface area (Å²) in [6.07, 6.45) is 0. The van der Waals surface area contributed by atoms with E-state index in [0.29, 0.717) is 27.1 Å². The highest BCUT2D eigenvalue weighted by Gasteiger charge is 2.14. The number of benzene rings is 2. The lowest BCUT2D eigenvalue weighted by molar-refractivity contribution is 0.632. The van der Waals surface area contributed by atoms with Gasteiger partial charge in [0.2, 0.25) is 0 Å². The van der Waals surface area contributed by atoms with Gasteiger partial charge < -0.3 is 5.73 Å². The average molecular weight is 324 g/mol. The van der Waals surface area contributed by atoms with Gasteiger partial charge in [-0.1, -0.05) is 23.2 Å². The Bertz CT molecular complexity index is 818. The van der Waals surface area contributed by atoms with Gasteiger partial charge in [0.15, 0.2) is 5.82 Å². The van der Waals surface area contributed by atoms with Crippen LogP contribution in [0.2, 0.25) is 10.0 Å². The SMILES string of the molecule is Nc1ccc(-c2nnnn2-c2ccc(Cl)cc2Cl)cc1F. The standard InChI is InChI=1S/C13H8Cl2FN5/c14-8-2-4-12(9(15)6-8)21-13(18-19-20-21)7-1-3-11(17)10(16)5-7/h1-6H,17H2. The molecule has 0 aliphatic rings. The molecule has 2 N–H and O–H groups in total. The molecule has 5 nitrogen and oxygen atoms in total. The third-order valence-corrected chi connectivity index (χ3v) is 3.40. The summed E-state index contributed by atoms with van der Waals surface area (Å²) < 4.78 is 15.0. The Morgan fingerprint density at radius 1 is 1.10 bits per heavy atom. The van der Waals surface area contributed by atoms with Crippen LogP contribution in [0.1, 0.15) is 0 Å². The quantitative estimate of drug-likeness (QED) is 0.734. The molecule has 0 bridgehead atoms. The molecule has 0 amide bonds. The maximum atomic E-state index is 13.6. The largest absolute Gasteiger partial charge is 0.396 e. The second-order valence-corrected chi connectivity index (χ2v) is 5.09. The van der Waals surface area contributed by atoms with E-state index in [2.05, 4.69) is 15.5 Å². The molecule has 0 aliphatic heterocycles. The van der Waals surface area contributed by atoms with Crippen LogP contribution in [0.15, 0.2) is 36.4 Å². The third-order valence-electron chi connectivity index (χ3n) is 2.87. The van der Waals surface area contributed by atoms with Crippen LogP contribution in [0.25, 0.3) is 17.1 Å². The number of nitrogen functional groups attached to an aromatic ring is 1. The van der Waals surface area contributed by atoms with E-state index in [1.807, 2.05) is 0 Å². The van der Waals surface area contributed by atoms with Gasteiger partial charge in [0.1, 0.15) is 5.82 Å². The maximum absolute atomic E-state index is 13.6. The van der Waals surface area contributed by atoms with Crippen molar-refractivity contribution in [1.29, 1.82) is 0 Å². The van der Waals surface area contributed by atoms with Gasteiger partial charge in [-0.05, 0) is 46.8 Å². The number of anilines is 1. The summed E-state index contributed by atoms with van der Waals surface area (Å²) in [5.74, 6) is -0.192. The van der Waals surface area contributed by atoms with E-state index in [1.54, 1.807) is 24.3 Å². The molecule has 2 aromatic carbocycles. The van der Waals surface area contributed by atoms with Crippen LogP contribution in [0, 0.1) is 5.82 Å². The average Bonchev–Trinajstić information content (AvgIpc) is 2.91. The predicted octanol–water partition coefficient (Wildman–Crippen LogP) is 3.36. The molecule has 3 rings (SSSR count). The van der Waals surface area contributed by atoms with Crippen LogP contribution in [0.4, 0.5) is 10.1 Å². The highest BCUT2D eigenvalue weighted by Crippen LogP contribution is 2.28. The summed E-state index contributed by atoms with van der Waals surface area (Å²) in [6.45, 7) is 0. The van der Waals surface area contributed by atoms with Crippen molar-refractivity contribution in [3.63, 3.8) is 0 Å². The smallest absolute Gasteiger partial charge is 0.187 e. The van der Waals surface area contributed by atoms with Crippen LogP contribution in [0.5, 0.6) is 0 Å². The lowest BCUT2D eigenvalue weighted by atomic mass is 10.2. The normalized spacial score (nSPS) is 10.8. The van der Waals surface area contributed by atoms with Gasteiger partial charge in [0, 0.05) is 10.6 Å². The number of halogens is 3. The minimum absolute atomic E-state index is 0.0577. The fourth-order valence-corrected chi connectivity index (χ4v) is 2.34. The van der Waals surface area contributed by atoms with Gasteiger partial charge in [-0.2, -0.15) is 4.68 Å². The minimum Gasteiger partial charge on any atom is -0.396 e. The van der Waals surface area contributed by atoms with Crippen molar-refractivity contribution >= 4 is 28.9 Å². The molecule has 0 saturated heterocycles. The van der Waals surface area contributed by atoms with Gasteiger partial charge in [-0.15, -0.1) is 5.10 Å². The van der Waals surface area contributed by atoms with Crippen molar-refractivity contribution in [2.24, 2.45) is 0 Å². The van der Waals surface area contributed by atoms with Crippen molar-refractivity contribution in [1.82, 2.24) is 20.2 Å². The molecular weight excluding hydrogens is 316 g/mol. The van der Waals surface area contributed by atoms with Crippen molar-refractivity contribution in [2.45, 2.75) is 0 Å². The first-order valence-electron chi connectivity index (χ1n) is 5.85. The summed E-state index contributed by atoms with van der Waals surface area (Å²) in [7, 11) is 0.